The zero-order valence-corrected chi connectivity index (χ0v) is 13.6. The van der Waals surface area contributed by atoms with Gasteiger partial charge in [0.2, 0.25) is 0 Å². The Morgan fingerprint density at radius 3 is 2.32 bits per heavy atom. The molecule has 0 N–H and O–H groups in total. The lowest BCUT2D eigenvalue weighted by atomic mass is 9.68. The topological polar surface area (TPSA) is 0 Å². The first-order valence-corrected chi connectivity index (χ1v) is 8.13. The number of rotatable bonds is 2. The average Bonchev–Trinajstić information content (AvgIpc) is 3.07. The van der Waals surface area contributed by atoms with Crippen molar-refractivity contribution in [1.82, 2.24) is 0 Å². The van der Waals surface area contributed by atoms with Crippen molar-refractivity contribution in [3.63, 3.8) is 0 Å². The molecule has 0 saturated heterocycles. The Bertz CT molecular complexity index is 802. The summed E-state index contributed by atoms with van der Waals surface area (Å²) < 4.78 is 0. The van der Waals surface area contributed by atoms with E-state index >= 15 is 0 Å². The molecule has 4 rings (SSSR count). The van der Waals surface area contributed by atoms with Crippen LogP contribution in [0.15, 0.2) is 59.7 Å². The smallest absolute Gasteiger partial charge is 0.0143 e. The van der Waals surface area contributed by atoms with Crippen LogP contribution in [0.3, 0.4) is 0 Å². The zero-order chi connectivity index (χ0) is 15.3. The van der Waals surface area contributed by atoms with Crippen molar-refractivity contribution in [2.24, 2.45) is 5.41 Å². The Morgan fingerprint density at radius 2 is 1.55 bits per heavy atom. The van der Waals surface area contributed by atoms with Crippen molar-refractivity contribution in [3.05, 3.63) is 81.9 Å². The maximum absolute atomic E-state index is 2.42. The van der Waals surface area contributed by atoms with E-state index in [0.29, 0.717) is 5.92 Å². The summed E-state index contributed by atoms with van der Waals surface area (Å²) in [6.07, 6.45) is 5.88. The van der Waals surface area contributed by atoms with Gasteiger partial charge in [-0.1, -0.05) is 85.7 Å². The quantitative estimate of drug-likeness (QED) is 0.649. The lowest BCUT2D eigenvalue weighted by Crippen LogP contribution is -2.24. The molecule has 2 aliphatic rings. The van der Waals surface area contributed by atoms with Crippen LogP contribution in [0.25, 0.3) is 12.2 Å². The number of hydrogen-bond donors (Lipinski definition) is 0. The first-order chi connectivity index (χ1) is 10.6. The summed E-state index contributed by atoms with van der Waals surface area (Å²) in [6, 6.07) is 17.7. The van der Waals surface area contributed by atoms with Crippen molar-refractivity contribution >= 4 is 12.2 Å². The van der Waals surface area contributed by atoms with Gasteiger partial charge in [0, 0.05) is 5.92 Å². The van der Waals surface area contributed by atoms with E-state index in [1.54, 1.807) is 5.57 Å². The van der Waals surface area contributed by atoms with Crippen molar-refractivity contribution in [3.8, 4) is 0 Å². The molecule has 2 aliphatic carbocycles. The van der Waals surface area contributed by atoms with Crippen LogP contribution < -0.4 is 0 Å². The van der Waals surface area contributed by atoms with E-state index in [1.807, 2.05) is 0 Å². The van der Waals surface area contributed by atoms with Crippen molar-refractivity contribution in [1.29, 1.82) is 0 Å². The number of allylic oxidation sites excluding steroid dienone is 2. The molecular weight excluding hydrogens is 264 g/mol. The molecule has 0 radical (unpaired) electrons. The monoisotopic (exact) mass is 286 g/mol. The fourth-order valence-corrected chi connectivity index (χ4v) is 4.32. The van der Waals surface area contributed by atoms with Gasteiger partial charge in [0.1, 0.15) is 0 Å². The van der Waals surface area contributed by atoms with Gasteiger partial charge in [-0.25, -0.2) is 0 Å². The second kappa shape index (κ2) is 4.71. The minimum Gasteiger partial charge on any atom is -0.0643 e. The van der Waals surface area contributed by atoms with E-state index in [1.165, 1.54) is 27.8 Å². The average molecular weight is 286 g/mol. The predicted octanol–water partition coefficient (Wildman–Crippen LogP) is 5.85. The maximum atomic E-state index is 2.42. The molecular formula is C22H22. The fraction of sp³-hybridized carbons (Fsp3) is 0.273. The highest BCUT2D eigenvalue weighted by molar-refractivity contribution is 5.70. The van der Waals surface area contributed by atoms with Gasteiger partial charge in [0.25, 0.3) is 0 Å². The summed E-state index contributed by atoms with van der Waals surface area (Å²) >= 11 is 0. The van der Waals surface area contributed by atoms with E-state index in [0.717, 1.165) is 6.42 Å². The first-order valence-electron chi connectivity index (χ1n) is 8.13. The molecule has 2 aromatic carbocycles. The number of fused-ring (bicyclic) bond motifs is 2. The number of hydrogen-bond acceptors (Lipinski definition) is 0. The van der Waals surface area contributed by atoms with Crippen LogP contribution >= 0.6 is 0 Å². The molecule has 0 nitrogen and oxygen atoms in total. The third-order valence-corrected chi connectivity index (χ3v) is 5.46. The first kappa shape index (κ1) is 13.6. The van der Waals surface area contributed by atoms with Crippen LogP contribution in [0.1, 0.15) is 48.9 Å². The third-order valence-electron chi connectivity index (χ3n) is 5.46. The molecule has 1 atom stereocenters. The second-order valence-corrected chi connectivity index (χ2v) is 7.22. The SMILES string of the molecule is CC1=Cc2ccccc2C1C(C)(C)C1=Cc2ccccc2C1. The lowest BCUT2D eigenvalue weighted by molar-refractivity contribution is 0.384. The molecule has 0 bridgehead atoms. The Hall–Kier alpha value is -2.08. The highest BCUT2D eigenvalue weighted by Gasteiger charge is 2.39. The van der Waals surface area contributed by atoms with Gasteiger partial charge in [-0.3, -0.25) is 0 Å². The molecule has 22 heavy (non-hydrogen) atoms. The summed E-state index contributed by atoms with van der Waals surface area (Å²) in [5, 5.41) is 0. The van der Waals surface area contributed by atoms with Gasteiger partial charge in [-0.05, 0) is 41.0 Å². The standard InChI is InChI=1S/C22H22/c1-15-12-18-10-6-7-11-20(18)21(15)22(2,3)19-13-16-8-4-5-9-17(16)14-19/h4-13,21H,14H2,1-3H3. The molecule has 0 aliphatic heterocycles. The lowest BCUT2D eigenvalue weighted by Gasteiger charge is -2.35. The Morgan fingerprint density at radius 1 is 0.864 bits per heavy atom. The minimum atomic E-state index is 0.145. The molecule has 1 unspecified atom stereocenters. The van der Waals surface area contributed by atoms with Crippen molar-refractivity contribution < 1.29 is 0 Å². The zero-order valence-electron chi connectivity index (χ0n) is 13.6. The maximum Gasteiger partial charge on any atom is 0.0143 e. The van der Waals surface area contributed by atoms with E-state index in [9.17, 15) is 0 Å². The van der Waals surface area contributed by atoms with Crippen LogP contribution in [0.2, 0.25) is 0 Å². The van der Waals surface area contributed by atoms with Crippen molar-refractivity contribution in [2.45, 2.75) is 33.1 Å². The molecule has 2 aromatic rings. The molecule has 110 valence electrons. The predicted molar refractivity (Wildman–Crippen MR) is 94.7 cm³/mol. The van der Waals surface area contributed by atoms with Crippen LogP contribution in [0, 0.1) is 5.41 Å². The van der Waals surface area contributed by atoms with E-state index in [4.69, 9.17) is 0 Å². The minimum absolute atomic E-state index is 0.145. The van der Waals surface area contributed by atoms with Gasteiger partial charge in [0.05, 0.1) is 0 Å². The van der Waals surface area contributed by atoms with Gasteiger partial charge in [-0.15, -0.1) is 0 Å². The summed E-state index contributed by atoms with van der Waals surface area (Å²) in [5.41, 5.74) is 8.95. The summed E-state index contributed by atoms with van der Waals surface area (Å²) in [7, 11) is 0. The highest BCUT2D eigenvalue weighted by Crippen LogP contribution is 2.52. The van der Waals surface area contributed by atoms with Crippen molar-refractivity contribution in [2.75, 3.05) is 0 Å². The largest absolute Gasteiger partial charge is 0.0643 e. The Balaban J connectivity index is 1.76. The summed E-state index contributed by atoms with van der Waals surface area (Å²) in [6.45, 7) is 7.11. The van der Waals surface area contributed by atoms with E-state index in [2.05, 4.69) is 81.5 Å². The number of benzene rings is 2. The molecule has 0 fully saturated rings. The fourth-order valence-electron chi connectivity index (χ4n) is 4.32. The molecule has 0 spiro atoms. The molecule has 0 heteroatoms. The van der Waals surface area contributed by atoms with E-state index in [-0.39, 0.29) is 5.41 Å². The Labute approximate surface area is 133 Å². The molecule has 0 aromatic heterocycles. The van der Waals surface area contributed by atoms with Crippen LogP contribution in [0.4, 0.5) is 0 Å². The normalized spacial score (nSPS) is 19.5. The van der Waals surface area contributed by atoms with Gasteiger partial charge in [0.15, 0.2) is 0 Å². The van der Waals surface area contributed by atoms with Gasteiger partial charge in [-0.2, -0.15) is 0 Å². The molecule has 0 amide bonds. The van der Waals surface area contributed by atoms with Gasteiger partial charge < -0.3 is 0 Å². The summed E-state index contributed by atoms with van der Waals surface area (Å²) in [4.78, 5) is 0. The third kappa shape index (κ3) is 1.90. The Kier molecular flexibility index (Phi) is 2.91. The van der Waals surface area contributed by atoms with Crippen LogP contribution in [-0.4, -0.2) is 0 Å². The molecule has 0 heterocycles. The van der Waals surface area contributed by atoms with E-state index < -0.39 is 0 Å². The van der Waals surface area contributed by atoms with Crippen LogP contribution in [-0.2, 0) is 6.42 Å². The van der Waals surface area contributed by atoms with Crippen LogP contribution in [0.5, 0.6) is 0 Å². The summed E-state index contributed by atoms with van der Waals surface area (Å²) in [5.74, 6) is 0.490. The second-order valence-electron chi connectivity index (χ2n) is 7.22. The van der Waals surface area contributed by atoms with Gasteiger partial charge >= 0.3 is 0 Å². The molecule has 0 saturated carbocycles. The highest BCUT2D eigenvalue weighted by atomic mass is 14.4.